The molecule has 1 aromatic heterocycles. The fourth-order valence-corrected chi connectivity index (χ4v) is 3.02. The van der Waals surface area contributed by atoms with Crippen LogP contribution in [0, 0.1) is 0 Å². The average molecular weight is 285 g/mol. The Hall–Kier alpha value is -2.14. The van der Waals surface area contributed by atoms with E-state index in [2.05, 4.69) is 9.88 Å². The maximum atomic E-state index is 11.7. The van der Waals surface area contributed by atoms with Gasteiger partial charge in [-0.05, 0) is 24.0 Å². The molecule has 3 rings (SSSR count). The molecular weight excluding hydrogens is 266 g/mol. The van der Waals surface area contributed by atoms with E-state index >= 15 is 0 Å². The van der Waals surface area contributed by atoms with Crippen molar-refractivity contribution in [1.82, 2.24) is 14.5 Å². The monoisotopic (exact) mass is 285 g/mol. The molecule has 0 bridgehead atoms. The van der Waals surface area contributed by atoms with Crippen LogP contribution in [0.2, 0.25) is 0 Å². The van der Waals surface area contributed by atoms with E-state index in [9.17, 15) is 9.90 Å². The standard InChI is InChI=1S/C16H19N3O2/c20-16(21)15-14-5-2-1-4-13(14)6-10-19(15)9-3-8-18-11-7-17-12-18/h1-2,4-5,7,11-12,15H,3,6,8-10H2,(H,20,21). The van der Waals surface area contributed by atoms with E-state index in [1.807, 2.05) is 35.0 Å². The molecular formula is C16H19N3O2. The summed E-state index contributed by atoms with van der Waals surface area (Å²) in [6.07, 6.45) is 7.32. The first-order valence-corrected chi connectivity index (χ1v) is 7.26. The minimum atomic E-state index is -0.759. The predicted octanol–water partition coefficient (Wildman–Crippen LogP) is 1.96. The van der Waals surface area contributed by atoms with Crippen LogP contribution in [0.1, 0.15) is 23.6 Å². The highest BCUT2D eigenvalue weighted by molar-refractivity contribution is 5.76. The second-order valence-corrected chi connectivity index (χ2v) is 5.38. The largest absolute Gasteiger partial charge is 0.480 e. The molecule has 2 aromatic rings. The van der Waals surface area contributed by atoms with Crippen LogP contribution in [-0.2, 0) is 17.8 Å². The molecule has 0 spiro atoms. The summed E-state index contributed by atoms with van der Waals surface area (Å²) in [5, 5.41) is 9.58. The van der Waals surface area contributed by atoms with Gasteiger partial charge in [0.15, 0.2) is 0 Å². The topological polar surface area (TPSA) is 58.4 Å². The number of hydrogen-bond donors (Lipinski definition) is 1. The smallest absolute Gasteiger partial charge is 0.325 e. The number of imidazole rings is 1. The van der Waals surface area contributed by atoms with Crippen LogP contribution < -0.4 is 0 Å². The highest BCUT2D eigenvalue weighted by atomic mass is 16.4. The highest BCUT2D eigenvalue weighted by Gasteiger charge is 2.32. The second kappa shape index (κ2) is 6.10. The van der Waals surface area contributed by atoms with Crippen LogP contribution in [0.5, 0.6) is 0 Å². The van der Waals surface area contributed by atoms with Crippen LogP contribution in [0.3, 0.4) is 0 Å². The minimum Gasteiger partial charge on any atom is -0.480 e. The van der Waals surface area contributed by atoms with Gasteiger partial charge in [0.25, 0.3) is 0 Å². The van der Waals surface area contributed by atoms with Crippen LogP contribution >= 0.6 is 0 Å². The van der Waals surface area contributed by atoms with Crippen molar-refractivity contribution in [1.29, 1.82) is 0 Å². The Morgan fingerprint density at radius 2 is 2.19 bits per heavy atom. The number of fused-ring (bicyclic) bond motifs is 1. The number of aryl methyl sites for hydroxylation is 1. The molecule has 110 valence electrons. The Morgan fingerprint density at radius 3 is 2.95 bits per heavy atom. The van der Waals surface area contributed by atoms with Gasteiger partial charge in [0, 0.05) is 32.0 Å². The molecule has 0 amide bonds. The van der Waals surface area contributed by atoms with Crippen molar-refractivity contribution < 1.29 is 9.90 Å². The molecule has 0 saturated heterocycles. The molecule has 2 heterocycles. The molecule has 0 saturated carbocycles. The van der Waals surface area contributed by atoms with Gasteiger partial charge in [0.1, 0.15) is 6.04 Å². The SMILES string of the molecule is O=C(O)C1c2ccccc2CCN1CCCn1ccnc1. The summed E-state index contributed by atoms with van der Waals surface area (Å²) >= 11 is 0. The zero-order valence-electron chi connectivity index (χ0n) is 11.9. The molecule has 5 nitrogen and oxygen atoms in total. The van der Waals surface area contributed by atoms with E-state index in [4.69, 9.17) is 0 Å². The summed E-state index contributed by atoms with van der Waals surface area (Å²) in [6, 6.07) is 7.36. The first kappa shape index (κ1) is 13.8. The summed E-state index contributed by atoms with van der Waals surface area (Å²) in [5.74, 6) is -0.759. The molecule has 1 N–H and O–H groups in total. The van der Waals surface area contributed by atoms with Gasteiger partial charge in [-0.25, -0.2) is 4.98 Å². The van der Waals surface area contributed by atoms with Crippen molar-refractivity contribution in [2.75, 3.05) is 13.1 Å². The minimum absolute atomic E-state index is 0.516. The van der Waals surface area contributed by atoms with Gasteiger partial charge in [-0.1, -0.05) is 24.3 Å². The third-order valence-electron chi connectivity index (χ3n) is 4.04. The fraction of sp³-hybridized carbons (Fsp3) is 0.375. The number of carboxylic acid groups (broad SMARTS) is 1. The van der Waals surface area contributed by atoms with E-state index in [0.717, 1.165) is 43.6 Å². The third kappa shape index (κ3) is 2.97. The lowest BCUT2D eigenvalue weighted by atomic mass is 9.92. The molecule has 21 heavy (non-hydrogen) atoms. The number of benzene rings is 1. The lowest BCUT2D eigenvalue weighted by Gasteiger charge is -2.34. The molecule has 1 aliphatic rings. The molecule has 0 fully saturated rings. The summed E-state index contributed by atoms with van der Waals surface area (Å²) in [6.45, 7) is 2.45. The molecule has 5 heteroatoms. The van der Waals surface area contributed by atoms with Gasteiger partial charge < -0.3 is 9.67 Å². The van der Waals surface area contributed by atoms with E-state index < -0.39 is 12.0 Å². The van der Waals surface area contributed by atoms with Gasteiger partial charge in [0.2, 0.25) is 0 Å². The second-order valence-electron chi connectivity index (χ2n) is 5.38. The summed E-state index contributed by atoms with van der Waals surface area (Å²) in [4.78, 5) is 17.7. The zero-order chi connectivity index (χ0) is 14.7. The van der Waals surface area contributed by atoms with Gasteiger partial charge in [-0.15, -0.1) is 0 Å². The molecule has 0 aliphatic carbocycles. The highest BCUT2D eigenvalue weighted by Crippen LogP contribution is 2.29. The number of carbonyl (C=O) groups is 1. The van der Waals surface area contributed by atoms with Crippen molar-refractivity contribution in [2.24, 2.45) is 0 Å². The first-order valence-electron chi connectivity index (χ1n) is 7.26. The van der Waals surface area contributed by atoms with Crippen LogP contribution in [0.25, 0.3) is 0 Å². The Kier molecular flexibility index (Phi) is 4.01. The maximum Gasteiger partial charge on any atom is 0.325 e. The Balaban J connectivity index is 1.69. The molecule has 1 aliphatic heterocycles. The van der Waals surface area contributed by atoms with Crippen molar-refractivity contribution in [3.05, 3.63) is 54.1 Å². The number of aromatic nitrogens is 2. The van der Waals surface area contributed by atoms with Crippen molar-refractivity contribution in [3.63, 3.8) is 0 Å². The molecule has 1 atom stereocenters. The molecule has 0 radical (unpaired) electrons. The first-order chi connectivity index (χ1) is 10.3. The number of rotatable bonds is 5. The van der Waals surface area contributed by atoms with E-state index in [1.165, 1.54) is 0 Å². The molecule has 1 aromatic carbocycles. The van der Waals surface area contributed by atoms with Crippen LogP contribution in [0.15, 0.2) is 43.0 Å². The maximum absolute atomic E-state index is 11.7. The average Bonchev–Trinajstić information content (AvgIpc) is 3.00. The van der Waals surface area contributed by atoms with Crippen LogP contribution in [0.4, 0.5) is 0 Å². The van der Waals surface area contributed by atoms with Gasteiger partial charge in [-0.3, -0.25) is 9.69 Å². The lowest BCUT2D eigenvalue weighted by Crippen LogP contribution is -2.40. The summed E-state index contributed by atoms with van der Waals surface area (Å²) in [5.41, 5.74) is 2.11. The van der Waals surface area contributed by atoms with Crippen LogP contribution in [-0.4, -0.2) is 38.6 Å². The predicted molar refractivity (Wildman–Crippen MR) is 78.9 cm³/mol. The normalized spacial score (nSPS) is 18.4. The van der Waals surface area contributed by atoms with E-state index in [1.54, 1.807) is 12.5 Å². The Labute approximate surface area is 123 Å². The quantitative estimate of drug-likeness (QED) is 0.912. The fourth-order valence-electron chi connectivity index (χ4n) is 3.02. The number of aliphatic carboxylic acids is 1. The number of carboxylic acids is 1. The summed E-state index contributed by atoms with van der Waals surface area (Å²) < 4.78 is 2.02. The third-order valence-corrected chi connectivity index (χ3v) is 4.04. The van der Waals surface area contributed by atoms with E-state index in [0.29, 0.717) is 0 Å². The Bertz CT molecular complexity index is 610. The van der Waals surface area contributed by atoms with Crippen molar-refractivity contribution >= 4 is 5.97 Å². The van der Waals surface area contributed by atoms with E-state index in [-0.39, 0.29) is 0 Å². The van der Waals surface area contributed by atoms with Gasteiger partial charge in [-0.2, -0.15) is 0 Å². The molecule has 1 unspecified atom stereocenters. The van der Waals surface area contributed by atoms with Crippen molar-refractivity contribution in [3.8, 4) is 0 Å². The van der Waals surface area contributed by atoms with Gasteiger partial charge >= 0.3 is 5.97 Å². The number of hydrogen-bond acceptors (Lipinski definition) is 3. The number of nitrogens with zero attached hydrogens (tertiary/aromatic N) is 3. The van der Waals surface area contributed by atoms with Gasteiger partial charge in [0.05, 0.1) is 6.33 Å². The lowest BCUT2D eigenvalue weighted by molar-refractivity contribution is -0.144. The summed E-state index contributed by atoms with van der Waals surface area (Å²) in [7, 11) is 0. The zero-order valence-corrected chi connectivity index (χ0v) is 11.9. The van der Waals surface area contributed by atoms with Crippen molar-refractivity contribution in [2.45, 2.75) is 25.4 Å². The Morgan fingerprint density at radius 1 is 1.33 bits per heavy atom.